The van der Waals surface area contributed by atoms with Crippen LogP contribution in [0.4, 0.5) is 15.9 Å². The number of hydrogen-bond donors (Lipinski definition) is 1. The Morgan fingerprint density at radius 3 is 2.55 bits per heavy atom. The van der Waals surface area contributed by atoms with Gasteiger partial charge in [0.1, 0.15) is 23.7 Å². The quantitative estimate of drug-likeness (QED) is 0.229. The zero-order valence-electron chi connectivity index (χ0n) is 21.7. The van der Waals surface area contributed by atoms with E-state index in [4.69, 9.17) is 9.47 Å². The number of rotatable bonds is 11. The number of pyridine rings is 1. The van der Waals surface area contributed by atoms with Crippen molar-refractivity contribution < 1.29 is 13.9 Å². The van der Waals surface area contributed by atoms with Crippen molar-refractivity contribution in [3.63, 3.8) is 0 Å². The molecule has 2 aromatic heterocycles. The van der Waals surface area contributed by atoms with Gasteiger partial charge in [-0.25, -0.2) is 4.39 Å². The lowest BCUT2D eigenvalue weighted by molar-refractivity contribution is 0.147. The number of aryl methyl sites for hydroxylation is 2. The fourth-order valence-electron chi connectivity index (χ4n) is 4.00. The van der Waals surface area contributed by atoms with Gasteiger partial charge in [0.05, 0.1) is 23.1 Å². The van der Waals surface area contributed by atoms with Crippen LogP contribution in [0.1, 0.15) is 18.9 Å². The SMILES string of the molecule is C=CC(C)(F)CCc1ccc(-n2nc(Nc3cccn(C)c3=O)c3c(OCCOC)cccc3c2=O)cc1. The number of hydrogen-bond acceptors (Lipinski definition) is 6. The molecule has 0 bridgehead atoms. The maximum absolute atomic E-state index is 14.2. The summed E-state index contributed by atoms with van der Waals surface area (Å²) >= 11 is 0. The first-order valence-electron chi connectivity index (χ1n) is 12.3. The fraction of sp³-hybridized carbons (Fsp3) is 0.276. The van der Waals surface area contributed by atoms with Gasteiger partial charge < -0.3 is 19.4 Å². The zero-order chi connectivity index (χ0) is 27.3. The van der Waals surface area contributed by atoms with Gasteiger partial charge in [-0.05, 0) is 61.7 Å². The predicted octanol–water partition coefficient (Wildman–Crippen LogP) is 4.70. The highest BCUT2D eigenvalue weighted by atomic mass is 19.1. The molecule has 0 aliphatic rings. The summed E-state index contributed by atoms with van der Waals surface area (Å²) in [6.07, 6.45) is 3.78. The Bertz CT molecular complexity index is 1560. The third-order valence-electron chi connectivity index (χ3n) is 6.32. The molecule has 0 saturated carbocycles. The molecular formula is C29H31FN4O4. The molecule has 0 radical (unpaired) electrons. The smallest absolute Gasteiger partial charge is 0.279 e. The van der Waals surface area contributed by atoms with Crippen molar-refractivity contribution in [3.8, 4) is 11.4 Å². The lowest BCUT2D eigenvalue weighted by Gasteiger charge is -2.16. The highest BCUT2D eigenvalue weighted by Gasteiger charge is 2.19. The van der Waals surface area contributed by atoms with Crippen molar-refractivity contribution >= 4 is 22.3 Å². The first-order chi connectivity index (χ1) is 18.2. The number of allylic oxidation sites excluding steroid dienone is 1. The number of ether oxygens (including phenoxy) is 2. The first kappa shape index (κ1) is 26.8. The van der Waals surface area contributed by atoms with E-state index in [9.17, 15) is 14.0 Å². The second kappa shape index (κ2) is 11.4. The molecule has 2 aromatic carbocycles. The van der Waals surface area contributed by atoms with Crippen molar-refractivity contribution in [3.05, 3.63) is 99.7 Å². The predicted molar refractivity (Wildman–Crippen MR) is 148 cm³/mol. The molecule has 2 heterocycles. The molecule has 198 valence electrons. The molecule has 0 saturated heterocycles. The summed E-state index contributed by atoms with van der Waals surface area (Å²) < 4.78 is 28.0. The van der Waals surface area contributed by atoms with Gasteiger partial charge in [0.15, 0.2) is 5.82 Å². The van der Waals surface area contributed by atoms with E-state index in [-0.39, 0.29) is 17.7 Å². The summed E-state index contributed by atoms with van der Waals surface area (Å²) in [5.74, 6) is 0.734. The van der Waals surface area contributed by atoms with Crippen LogP contribution in [-0.4, -0.2) is 40.3 Å². The maximum atomic E-state index is 14.2. The Hall–Kier alpha value is -4.24. The molecule has 0 fully saturated rings. The van der Waals surface area contributed by atoms with Crippen molar-refractivity contribution in [2.75, 3.05) is 25.6 Å². The molecule has 38 heavy (non-hydrogen) atoms. The summed E-state index contributed by atoms with van der Waals surface area (Å²) in [5.41, 5.74) is -0.294. The zero-order valence-corrected chi connectivity index (χ0v) is 21.7. The number of fused-ring (bicyclic) bond motifs is 1. The number of nitrogens with one attached hydrogen (secondary N) is 1. The maximum Gasteiger partial charge on any atom is 0.279 e. The molecule has 9 heteroatoms. The molecule has 1 N–H and O–H groups in total. The number of benzene rings is 2. The molecule has 1 unspecified atom stereocenters. The van der Waals surface area contributed by atoms with Crippen LogP contribution in [0, 0.1) is 0 Å². The first-order valence-corrected chi connectivity index (χ1v) is 12.3. The summed E-state index contributed by atoms with van der Waals surface area (Å²) in [6, 6.07) is 15.8. The number of nitrogens with zero attached hydrogens (tertiary/aromatic N) is 3. The minimum Gasteiger partial charge on any atom is -0.490 e. The van der Waals surface area contributed by atoms with Crippen molar-refractivity contribution in [1.82, 2.24) is 14.3 Å². The molecular weight excluding hydrogens is 487 g/mol. The third-order valence-corrected chi connectivity index (χ3v) is 6.32. The van der Waals surface area contributed by atoms with Gasteiger partial charge in [0.25, 0.3) is 11.1 Å². The summed E-state index contributed by atoms with van der Waals surface area (Å²) in [7, 11) is 3.23. The molecule has 0 aliphatic carbocycles. The number of anilines is 2. The standard InChI is InChI=1S/C29H31FN4O4/c1-5-29(2,30)16-15-20-11-13-21(14-12-20)34-27(35)22-8-6-10-24(38-19-18-37-4)25(22)26(32-34)31-23-9-7-17-33(3)28(23)36/h5-14,17H,1,15-16,18-19H2,2-4H3,(H,31,32). The topological polar surface area (TPSA) is 87.4 Å². The van der Waals surface area contributed by atoms with Crippen LogP contribution in [0.25, 0.3) is 16.5 Å². The van der Waals surface area contributed by atoms with Gasteiger partial charge >= 0.3 is 0 Å². The van der Waals surface area contributed by atoms with Gasteiger partial charge in [-0.2, -0.15) is 4.68 Å². The summed E-state index contributed by atoms with van der Waals surface area (Å²) in [6.45, 7) is 5.68. The third kappa shape index (κ3) is 5.84. The highest BCUT2D eigenvalue weighted by molar-refractivity contribution is 5.97. The van der Waals surface area contributed by atoms with E-state index < -0.39 is 5.67 Å². The van der Waals surface area contributed by atoms with E-state index in [1.54, 1.807) is 62.8 Å². The molecule has 0 aliphatic heterocycles. The molecule has 0 spiro atoms. The van der Waals surface area contributed by atoms with Crippen LogP contribution in [0.3, 0.4) is 0 Å². The largest absolute Gasteiger partial charge is 0.490 e. The van der Waals surface area contributed by atoms with Crippen LogP contribution in [-0.2, 0) is 18.2 Å². The van der Waals surface area contributed by atoms with E-state index >= 15 is 0 Å². The normalized spacial score (nSPS) is 12.7. The van der Waals surface area contributed by atoms with Crippen molar-refractivity contribution in [1.29, 1.82) is 0 Å². The average Bonchev–Trinajstić information content (AvgIpc) is 2.92. The second-order valence-electron chi connectivity index (χ2n) is 9.20. The summed E-state index contributed by atoms with van der Waals surface area (Å²) in [4.78, 5) is 26.3. The van der Waals surface area contributed by atoms with Crippen LogP contribution in [0.2, 0.25) is 0 Å². The Labute approximate surface area is 219 Å². The minimum atomic E-state index is -1.45. The number of methoxy groups -OCH3 is 1. The number of halogens is 1. The van der Waals surface area contributed by atoms with Gasteiger partial charge in [-0.3, -0.25) is 9.59 Å². The Kier molecular flexibility index (Phi) is 8.07. The molecule has 0 amide bonds. The van der Waals surface area contributed by atoms with Gasteiger partial charge in [-0.1, -0.05) is 30.9 Å². The van der Waals surface area contributed by atoms with Gasteiger partial charge in [0.2, 0.25) is 0 Å². The number of alkyl halides is 1. The monoisotopic (exact) mass is 518 g/mol. The minimum absolute atomic E-state index is 0.248. The van der Waals surface area contributed by atoms with Crippen LogP contribution in [0.5, 0.6) is 5.75 Å². The van der Waals surface area contributed by atoms with Crippen molar-refractivity contribution in [2.24, 2.45) is 7.05 Å². The molecule has 4 rings (SSSR count). The van der Waals surface area contributed by atoms with Crippen LogP contribution >= 0.6 is 0 Å². The van der Waals surface area contributed by atoms with Crippen LogP contribution in [0.15, 0.2) is 83.0 Å². The van der Waals surface area contributed by atoms with Gasteiger partial charge in [0, 0.05) is 20.4 Å². The molecule has 4 aromatic rings. The Balaban J connectivity index is 1.81. The van der Waals surface area contributed by atoms with E-state index in [0.717, 1.165) is 5.56 Å². The molecule has 8 nitrogen and oxygen atoms in total. The highest BCUT2D eigenvalue weighted by Crippen LogP contribution is 2.31. The second-order valence-corrected chi connectivity index (χ2v) is 9.20. The Morgan fingerprint density at radius 2 is 1.84 bits per heavy atom. The average molecular weight is 519 g/mol. The molecule has 1 atom stereocenters. The fourth-order valence-corrected chi connectivity index (χ4v) is 4.00. The Morgan fingerprint density at radius 1 is 1.08 bits per heavy atom. The van der Waals surface area contributed by atoms with E-state index in [2.05, 4.69) is 17.0 Å². The summed E-state index contributed by atoms with van der Waals surface area (Å²) in [5, 5.41) is 8.55. The number of aromatic nitrogens is 3. The lowest BCUT2D eigenvalue weighted by atomic mass is 9.98. The van der Waals surface area contributed by atoms with E-state index in [1.807, 2.05) is 12.1 Å². The van der Waals surface area contributed by atoms with Gasteiger partial charge in [-0.15, -0.1) is 5.10 Å². The lowest BCUT2D eigenvalue weighted by Crippen LogP contribution is -2.24. The van der Waals surface area contributed by atoms with Crippen LogP contribution < -0.4 is 21.2 Å². The van der Waals surface area contributed by atoms with E-state index in [1.165, 1.54) is 22.2 Å². The van der Waals surface area contributed by atoms with Crippen molar-refractivity contribution in [2.45, 2.75) is 25.4 Å². The van der Waals surface area contributed by atoms with E-state index in [0.29, 0.717) is 53.2 Å².